The molecule has 0 aromatic rings. The lowest BCUT2D eigenvalue weighted by Gasteiger charge is -2.20. The summed E-state index contributed by atoms with van der Waals surface area (Å²) in [5.74, 6) is 0. The van der Waals surface area contributed by atoms with Gasteiger partial charge in [0.25, 0.3) is 0 Å². The van der Waals surface area contributed by atoms with Gasteiger partial charge in [-0.05, 0) is 19.3 Å². The van der Waals surface area contributed by atoms with Crippen LogP contribution in [0.3, 0.4) is 0 Å². The van der Waals surface area contributed by atoms with Crippen LogP contribution in [0.5, 0.6) is 0 Å². The van der Waals surface area contributed by atoms with E-state index < -0.39 is 0 Å². The normalized spacial score (nSPS) is 56.7. The quantitative estimate of drug-likeness (QED) is 0.582. The zero-order chi connectivity index (χ0) is 6.54. The number of fused-ring (bicyclic) bond motifs is 1. The summed E-state index contributed by atoms with van der Waals surface area (Å²) in [7, 11) is 0. The van der Waals surface area contributed by atoms with Crippen LogP contribution in [0.4, 0.5) is 0 Å². The highest BCUT2D eigenvalue weighted by atomic mass is 79.9. The Kier molecular flexibility index (Phi) is 1.30. The third-order valence-corrected chi connectivity index (χ3v) is 6.04. The summed E-state index contributed by atoms with van der Waals surface area (Å²) in [5, 5.41) is 0. The molecule has 0 radical (unpaired) electrons. The largest absolute Gasteiger partial charge is 0.0838 e. The van der Waals surface area contributed by atoms with Crippen molar-refractivity contribution in [2.24, 2.45) is 0 Å². The van der Waals surface area contributed by atoms with E-state index in [1.165, 1.54) is 32.1 Å². The van der Waals surface area contributed by atoms with Crippen LogP contribution in [-0.2, 0) is 0 Å². The molecule has 0 aromatic heterocycles. The minimum Gasteiger partial charge on any atom is -0.0838 e. The van der Waals surface area contributed by atoms with Crippen LogP contribution in [0.15, 0.2) is 0 Å². The van der Waals surface area contributed by atoms with Gasteiger partial charge in [0, 0.05) is 8.65 Å². The van der Waals surface area contributed by atoms with Gasteiger partial charge in [-0.1, -0.05) is 44.7 Å². The van der Waals surface area contributed by atoms with Crippen molar-refractivity contribution in [2.45, 2.75) is 40.8 Å². The minimum absolute atomic E-state index is 0.512. The van der Waals surface area contributed by atoms with Gasteiger partial charge >= 0.3 is 0 Å². The molecular formula is C7H10Br2. The fraction of sp³-hybridized carbons (Fsp3) is 1.00. The molecule has 0 N–H and O–H groups in total. The fourth-order valence-electron chi connectivity index (χ4n) is 1.84. The Morgan fingerprint density at radius 1 is 0.889 bits per heavy atom. The molecule has 0 heterocycles. The van der Waals surface area contributed by atoms with Crippen molar-refractivity contribution in [3.05, 3.63) is 0 Å². The third kappa shape index (κ3) is 0.823. The molecule has 0 saturated heterocycles. The summed E-state index contributed by atoms with van der Waals surface area (Å²) in [4.78, 5) is 0. The monoisotopic (exact) mass is 252 g/mol. The van der Waals surface area contributed by atoms with E-state index in [9.17, 15) is 0 Å². The molecule has 2 saturated carbocycles. The van der Waals surface area contributed by atoms with E-state index in [2.05, 4.69) is 31.9 Å². The summed E-state index contributed by atoms with van der Waals surface area (Å²) < 4.78 is 1.02. The molecule has 2 aliphatic rings. The van der Waals surface area contributed by atoms with Crippen molar-refractivity contribution in [3.63, 3.8) is 0 Å². The van der Waals surface area contributed by atoms with Gasteiger partial charge in [-0.3, -0.25) is 0 Å². The van der Waals surface area contributed by atoms with Crippen LogP contribution in [0.25, 0.3) is 0 Å². The van der Waals surface area contributed by atoms with Crippen LogP contribution < -0.4 is 0 Å². The molecule has 2 aliphatic carbocycles. The average molecular weight is 254 g/mol. The third-order valence-electron chi connectivity index (χ3n) is 2.63. The minimum atomic E-state index is 0.512. The van der Waals surface area contributed by atoms with Crippen molar-refractivity contribution >= 4 is 31.9 Å². The highest BCUT2D eigenvalue weighted by Gasteiger charge is 2.64. The summed E-state index contributed by atoms with van der Waals surface area (Å²) in [6, 6.07) is 0. The van der Waals surface area contributed by atoms with E-state index in [-0.39, 0.29) is 0 Å². The standard InChI is InChI=1S/C7H10Br2/c8-6-3-1-2-4-7(6,9)5-6/h1-5H2. The second-order valence-corrected chi connectivity index (χ2v) is 6.35. The Labute approximate surface area is 72.7 Å². The van der Waals surface area contributed by atoms with Gasteiger partial charge < -0.3 is 0 Å². The van der Waals surface area contributed by atoms with Gasteiger partial charge in [0.15, 0.2) is 0 Å². The Morgan fingerprint density at radius 2 is 1.33 bits per heavy atom. The maximum Gasteiger partial charge on any atom is 0.0425 e. The number of rotatable bonds is 0. The molecule has 2 atom stereocenters. The Morgan fingerprint density at radius 3 is 1.67 bits per heavy atom. The molecule has 0 nitrogen and oxygen atoms in total. The molecule has 0 aliphatic heterocycles. The Bertz CT molecular complexity index is 122. The molecule has 2 unspecified atom stereocenters. The SMILES string of the molecule is BrC12CCCCC1(Br)C2. The number of halogens is 2. The first-order chi connectivity index (χ1) is 4.16. The maximum atomic E-state index is 3.78. The number of hydrogen-bond donors (Lipinski definition) is 0. The molecule has 0 amide bonds. The molecular weight excluding hydrogens is 244 g/mol. The highest BCUT2D eigenvalue weighted by Crippen LogP contribution is 2.67. The maximum absolute atomic E-state index is 3.78. The van der Waals surface area contributed by atoms with Gasteiger partial charge in [0.05, 0.1) is 0 Å². The highest BCUT2D eigenvalue weighted by molar-refractivity contribution is 9.13. The van der Waals surface area contributed by atoms with Gasteiger partial charge in [0.2, 0.25) is 0 Å². The molecule has 0 spiro atoms. The smallest absolute Gasteiger partial charge is 0.0425 e. The number of alkyl halides is 2. The van der Waals surface area contributed by atoms with Crippen molar-refractivity contribution < 1.29 is 0 Å². The summed E-state index contributed by atoms with van der Waals surface area (Å²) in [6.45, 7) is 0. The van der Waals surface area contributed by atoms with Crippen LogP contribution in [0, 0.1) is 0 Å². The number of hydrogen-bond acceptors (Lipinski definition) is 0. The van der Waals surface area contributed by atoms with Gasteiger partial charge in [-0.2, -0.15) is 0 Å². The zero-order valence-electron chi connectivity index (χ0n) is 5.29. The van der Waals surface area contributed by atoms with E-state index in [1.807, 2.05) is 0 Å². The first-order valence-electron chi connectivity index (χ1n) is 3.54. The van der Waals surface area contributed by atoms with Crippen molar-refractivity contribution in [1.82, 2.24) is 0 Å². The average Bonchev–Trinajstić information content (AvgIpc) is 2.33. The first kappa shape index (κ1) is 6.66. The van der Waals surface area contributed by atoms with Gasteiger partial charge in [-0.15, -0.1) is 0 Å². The molecule has 0 bridgehead atoms. The molecule has 52 valence electrons. The fourth-order valence-corrected chi connectivity index (χ4v) is 4.13. The second kappa shape index (κ2) is 1.76. The summed E-state index contributed by atoms with van der Waals surface area (Å²) in [5.41, 5.74) is 0. The Hall–Kier alpha value is 0.960. The first-order valence-corrected chi connectivity index (χ1v) is 5.13. The lowest BCUT2D eigenvalue weighted by atomic mass is 10.0. The van der Waals surface area contributed by atoms with Crippen molar-refractivity contribution in [3.8, 4) is 0 Å². The molecule has 2 rings (SSSR count). The molecule has 2 fully saturated rings. The lowest BCUT2D eigenvalue weighted by molar-refractivity contribution is 0.538. The van der Waals surface area contributed by atoms with Crippen LogP contribution >= 0.6 is 31.9 Å². The van der Waals surface area contributed by atoms with Gasteiger partial charge in [0.1, 0.15) is 0 Å². The molecule has 9 heavy (non-hydrogen) atoms. The van der Waals surface area contributed by atoms with Crippen molar-refractivity contribution in [2.75, 3.05) is 0 Å². The van der Waals surface area contributed by atoms with E-state index in [1.54, 1.807) is 0 Å². The summed E-state index contributed by atoms with van der Waals surface area (Å²) in [6.07, 6.45) is 6.92. The zero-order valence-corrected chi connectivity index (χ0v) is 8.46. The predicted molar refractivity (Wildman–Crippen MR) is 46.4 cm³/mol. The second-order valence-electron chi connectivity index (χ2n) is 3.31. The predicted octanol–water partition coefficient (Wildman–Crippen LogP) is 3.23. The van der Waals surface area contributed by atoms with Crippen LogP contribution in [0.1, 0.15) is 32.1 Å². The molecule has 2 heteroatoms. The Balaban J connectivity index is 2.15. The van der Waals surface area contributed by atoms with E-state index in [4.69, 9.17) is 0 Å². The van der Waals surface area contributed by atoms with E-state index in [0.29, 0.717) is 8.65 Å². The lowest BCUT2D eigenvalue weighted by Crippen LogP contribution is -2.17. The van der Waals surface area contributed by atoms with Crippen LogP contribution in [-0.4, -0.2) is 8.65 Å². The van der Waals surface area contributed by atoms with Crippen LogP contribution in [0.2, 0.25) is 0 Å². The summed E-state index contributed by atoms with van der Waals surface area (Å²) >= 11 is 7.55. The van der Waals surface area contributed by atoms with E-state index >= 15 is 0 Å². The van der Waals surface area contributed by atoms with Crippen molar-refractivity contribution in [1.29, 1.82) is 0 Å². The topological polar surface area (TPSA) is 0 Å². The molecule has 0 aromatic carbocycles. The van der Waals surface area contributed by atoms with Gasteiger partial charge in [-0.25, -0.2) is 0 Å². The van der Waals surface area contributed by atoms with E-state index in [0.717, 1.165) is 0 Å².